The normalized spacial score (nSPS) is 14.2. The van der Waals surface area contributed by atoms with Crippen LogP contribution >= 0.6 is 34.4 Å². The van der Waals surface area contributed by atoms with Crippen LogP contribution in [-0.2, 0) is 11.4 Å². The molecule has 8 heteroatoms. The first-order valence-electron chi connectivity index (χ1n) is 13.9. The lowest BCUT2D eigenvalue weighted by Gasteiger charge is -2.16. The lowest BCUT2D eigenvalue weighted by molar-refractivity contribution is -0.123. The minimum atomic E-state index is -0.333. The summed E-state index contributed by atoms with van der Waals surface area (Å²) in [6.07, 6.45) is 1.73. The monoisotopic (exact) mass is 701 g/mol. The van der Waals surface area contributed by atoms with Gasteiger partial charge in [0.05, 0.1) is 21.6 Å². The van der Waals surface area contributed by atoms with Gasteiger partial charge in [-0.25, -0.2) is 0 Å². The summed E-state index contributed by atoms with van der Waals surface area (Å²) in [5, 5.41) is 4.05. The fourth-order valence-corrected chi connectivity index (χ4v) is 6.70. The molecule has 216 valence electrons. The molecular weight excluding hydrogens is 673 g/mol. The Morgan fingerprint density at radius 2 is 1.49 bits per heavy atom. The number of carbonyl (C=O) groups excluding carboxylic acids is 2. The van der Waals surface area contributed by atoms with Crippen LogP contribution in [0.15, 0.2) is 102 Å². The summed E-state index contributed by atoms with van der Waals surface area (Å²) in [4.78, 5) is 27.6. The first kappa shape index (κ1) is 29.1. The number of benzene rings is 5. The van der Waals surface area contributed by atoms with Gasteiger partial charge in [0, 0.05) is 5.39 Å². The van der Waals surface area contributed by atoms with E-state index >= 15 is 0 Å². The van der Waals surface area contributed by atoms with E-state index in [1.807, 2.05) is 79.7 Å². The predicted octanol–water partition coefficient (Wildman–Crippen LogP) is 8.69. The number of amides is 2. The topological polar surface area (TPSA) is 65.1 Å². The molecule has 0 aliphatic carbocycles. The molecular formula is C35H28INO5S. The van der Waals surface area contributed by atoms with Crippen molar-refractivity contribution in [2.24, 2.45) is 0 Å². The van der Waals surface area contributed by atoms with E-state index in [0.717, 1.165) is 53.8 Å². The number of rotatable bonds is 10. The maximum Gasteiger partial charge on any atom is 0.293 e. The first-order chi connectivity index (χ1) is 21.0. The molecule has 0 spiro atoms. The van der Waals surface area contributed by atoms with Crippen molar-refractivity contribution in [2.45, 2.75) is 13.5 Å². The molecule has 2 amide bonds. The molecule has 6 nitrogen and oxygen atoms in total. The molecule has 1 aliphatic rings. The summed E-state index contributed by atoms with van der Waals surface area (Å²) >= 11 is 3.15. The van der Waals surface area contributed by atoms with Gasteiger partial charge in [0.1, 0.15) is 19.0 Å². The molecule has 1 heterocycles. The van der Waals surface area contributed by atoms with Crippen LogP contribution in [0.2, 0.25) is 0 Å². The number of hydrogen-bond acceptors (Lipinski definition) is 6. The van der Waals surface area contributed by atoms with E-state index < -0.39 is 0 Å². The second-order valence-electron chi connectivity index (χ2n) is 9.85. The van der Waals surface area contributed by atoms with Gasteiger partial charge in [-0.15, -0.1) is 0 Å². The molecule has 0 saturated carbocycles. The average Bonchev–Trinajstić information content (AvgIpc) is 3.28. The van der Waals surface area contributed by atoms with Gasteiger partial charge in [0.15, 0.2) is 11.5 Å². The van der Waals surface area contributed by atoms with Crippen LogP contribution in [0.3, 0.4) is 0 Å². The molecule has 1 saturated heterocycles. The van der Waals surface area contributed by atoms with Gasteiger partial charge in [0.25, 0.3) is 11.1 Å². The fraction of sp³-hybridized carbons (Fsp3) is 0.143. The fourth-order valence-electron chi connectivity index (χ4n) is 5.06. The van der Waals surface area contributed by atoms with Gasteiger partial charge < -0.3 is 14.2 Å². The number of fused-ring (bicyclic) bond motifs is 2. The lowest BCUT2D eigenvalue weighted by atomic mass is 10.1. The third-order valence-electron chi connectivity index (χ3n) is 7.08. The van der Waals surface area contributed by atoms with Crippen LogP contribution < -0.4 is 14.2 Å². The van der Waals surface area contributed by atoms with E-state index in [1.54, 1.807) is 6.08 Å². The van der Waals surface area contributed by atoms with Crippen LogP contribution in [0.1, 0.15) is 18.1 Å². The standard InChI is InChI=1S/C35H28INO5S/c1-2-40-31-20-23(19-29(36)33(31)42-22-26-13-7-11-24-9-3-5-14-27(24)26)21-32-34(38)37(35(39)43-32)17-18-41-30-16-8-12-25-10-4-6-15-28(25)30/h3-16,19-21H,2,17-18,22H2,1H3/b32-21-. The zero-order valence-electron chi connectivity index (χ0n) is 23.4. The van der Waals surface area contributed by atoms with E-state index in [-0.39, 0.29) is 24.3 Å². The number of hydrogen-bond donors (Lipinski definition) is 0. The summed E-state index contributed by atoms with van der Waals surface area (Å²) in [5.41, 5.74) is 1.83. The third-order valence-corrected chi connectivity index (χ3v) is 8.79. The average molecular weight is 702 g/mol. The van der Waals surface area contributed by atoms with Crippen molar-refractivity contribution in [1.29, 1.82) is 0 Å². The maximum absolute atomic E-state index is 13.2. The van der Waals surface area contributed by atoms with E-state index in [4.69, 9.17) is 14.2 Å². The SMILES string of the molecule is CCOc1cc(/C=C2\SC(=O)N(CCOc3cccc4ccccc34)C2=O)cc(I)c1OCc1cccc2ccccc12. The molecule has 0 aromatic heterocycles. The van der Waals surface area contributed by atoms with E-state index in [0.29, 0.717) is 29.6 Å². The highest BCUT2D eigenvalue weighted by molar-refractivity contribution is 14.1. The summed E-state index contributed by atoms with van der Waals surface area (Å²) in [7, 11) is 0. The van der Waals surface area contributed by atoms with Gasteiger partial charge in [0.2, 0.25) is 0 Å². The molecule has 0 N–H and O–H groups in total. The van der Waals surface area contributed by atoms with E-state index in [2.05, 4.69) is 46.9 Å². The number of nitrogens with zero attached hydrogens (tertiary/aromatic N) is 1. The van der Waals surface area contributed by atoms with Crippen molar-refractivity contribution in [2.75, 3.05) is 19.8 Å². The number of carbonyl (C=O) groups is 2. The Morgan fingerprint density at radius 3 is 2.28 bits per heavy atom. The molecule has 0 unspecified atom stereocenters. The molecule has 6 rings (SSSR count). The second kappa shape index (κ2) is 13.1. The quantitative estimate of drug-likeness (QED) is 0.107. The molecule has 0 radical (unpaired) electrons. The van der Waals surface area contributed by atoms with Crippen molar-refractivity contribution < 1.29 is 23.8 Å². The van der Waals surface area contributed by atoms with Crippen LogP contribution in [0, 0.1) is 3.57 Å². The molecule has 1 aliphatic heterocycles. The van der Waals surface area contributed by atoms with Gasteiger partial charge in [-0.05, 0) is 92.8 Å². The predicted molar refractivity (Wildman–Crippen MR) is 181 cm³/mol. The van der Waals surface area contributed by atoms with Crippen LogP contribution in [0.5, 0.6) is 17.2 Å². The highest BCUT2D eigenvalue weighted by atomic mass is 127. The first-order valence-corrected chi connectivity index (χ1v) is 15.8. The Bertz CT molecular complexity index is 1860. The summed E-state index contributed by atoms with van der Waals surface area (Å²) in [6, 6.07) is 32.0. The second-order valence-corrected chi connectivity index (χ2v) is 12.0. The Balaban J connectivity index is 1.16. The number of halogens is 1. The minimum Gasteiger partial charge on any atom is -0.491 e. The number of imide groups is 1. The zero-order valence-corrected chi connectivity index (χ0v) is 26.4. The summed E-state index contributed by atoms with van der Waals surface area (Å²) in [6.45, 7) is 3.12. The zero-order chi connectivity index (χ0) is 29.8. The summed E-state index contributed by atoms with van der Waals surface area (Å²) in [5.74, 6) is 1.62. The number of thioether (sulfide) groups is 1. The molecule has 0 bridgehead atoms. The third kappa shape index (κ3) is 6.35. The van der Waals surface area contributed by atoms with E-state index in [1.165, 1.54) is 4.90 Å². The van der Waals surface area contributed by atoms with Gasteiger partial charge in [-0.1, -0.05) is 78.9 Å². The number of ether oxygens (including phenoxy) is 3. The van der Waals surface area contributed by atoms with Crippen molar-refractivity contribution in [1.82, 2.24) is 4.90 Å². The van der Waals surface area contributed by atoms with Crippen molar-refractivity contribution >= 4 is 73.1 Å². The van der Waals surface area contributed by atoms with Gasteiger partial charge in [-0.3, -0.25) is 14.5 Å². The molecule has 1 fully saturated rings. The van der Waals surface area contributed by atoms with Crippen molar-refractivity contribution in [3.05, 3.63) is 117 Å². The smallest absolute Gasteiger partial charge is 0.293 e. The molecule has 5 aromatic carbocycles. The Labute approximate surface area is 267 Å². The van der Waals surface area contributed by atoms with Crippen LogP contribution in [0.4, 0.5) is 4.79 Å². The highest BCUT2D eigenvalue weighted by Crippen LogP contribution is 2.38. The largest absolute Gasteiger partial charge is 0.491 e. The van der Waals surface area contributed by atoms with Crippen molar-refractivity contribution in [3.8, 4) is 17.2 Å². The highest BCUT2D eigenvalue weighted by Gasteiger charge is 2.35. The van der Waals surface area contributed by atoms with Crippen LogP contribution in [-0.4, -0.2) is 35.8 Å². The molecule has 0 atom stereocenters. The Morgan fingerprint density at radius 1 is 0.791 bits per heavy atom. The van der Waals surface area contributed by atoms with Crippen LogP contribution in [0.25, 0.3) is 27.6 Å². The molecule has 43 heavy (non-hydrogen) atoms. The maximum atomic E-state index is 13.2. The minimum absolute atomic E-state index is 0.161. The Hall–Kier alpha value is -4.02. The van der Waals surface area contributed by atoms with Crippen molar-refractivity contribution in [3.63, 3.8) is 0 Å². The van der Waals surface area contributed by atoms with Gasteiger partial charge >= 0.3 is 0 Å². The van der Waals surface area contributed by atoms with E-state index in [9.17, 15) is 9.59 Å². The molecule has 5 aromatic rings. The summed E-state index contributed by atoms with van der Waals surface area (Å²) < 4.78 is 19.1. The van der Waals surface area contributed by atoms with Gasteiger partial charge in [-0.2, -0.15) is 0 Å². The lowest BCUT2D eigenvalue weighted by Crippen LogP contribution is -2.32. The Kier molecular flexibility index (Phi) is 8.85.